The Morgan fingerprint density at radius 3 is 3.00 bits per heavy atom. The van der Waals surface area contributed by atoms with Crippen molar-refractivity contribution in [3.63, 3.8) is 0 Å². The van der Waals surface area contributed by atoms with Crippen LogP contribution in [0.1, 0.15) is 44.4 Å². The maximum atomic E-state index is 12.1. The molecule has 1 aliphatic heterocycles. The van der Waals surface area contributed by atoms with Gasteiger partial charge in [-0.2, -0.15) is 5.26 Å². The maximum Gasteiger partial charge on any atom is 0.222 e. The molecular weight excluding hydrogens is 238 g/mol. The summed E-state index contributed by atoms with van der Waals surface area (Å²) < 4.78 is 0. The number of amides is 1. The zero-order valence-electron chi connectivity index (χ0n) is 11.5. The quantitative estimate of drug-likeness (QED) is 0.818. The standard InChI is InChI=1S/C15H19N3O/c1-15(2)6-5-14(19)18(9-7-15)11-12-4-3-8-17-13(12)10-16/h3-4,8H,5-7,9,11H2,1-2H3. The van der Waals surface area contributed by atoms with Gasteiger partial charge in [0.05, 0.1) is 0 Å². The van der Waals surface area contributed by atoms with Gasteiger partial charge in [0.25, 0.3) is 0 Å². The molecule has 0 N–H and O–H groups in total. The highest BCUT2D eigenvalue weighted by Crippen LogP contribution is 2.30. The van der Waals surface area contributed by atoms with E-state index in [0.29, 0.717) is 18.7 Å². The molecule has 100 valence electrons. The van der Waals surface area contributed by atoms with Gasteiger partial charge in [0.1, 0.15) is 11.8 Å². The van der Waals surface area contributed by atoms with Crippen molar-refractivity contribution >= 4 is 5.91 Å². The molecular formula is C15H19N3O. The smallest absolute Gasteiger partial charge is 0.222 e. The number of carbonyl (C=O) groups excluding carboxylic acids is 1. The van der Waals surface area contributed by atoms with E-state index in [4.69, 9.17) is 5.26 Å². The zero-order valence-corrected chi connectivity index (χ0v) is 11.5. The van der Waals surface area contributed by atoms with E-state index in [1.165, 1.54) is 0 Å². The van der Waals surface area contributed by atoms with Crippen LogP contribution < -0.4 is 0 Å². The molecule has 4 heteroatoms. The van der Waals surface area contributed by atoms with Gasteiger partial charge in [-0.1, -0.05) is 19.9 Å². The fourth-order valence-corrected chi connectivity index (χ4v) is 2.33. The van der Waals surface area contributed by atoms with Gasteiger partial charge in [0, 0.05) is 31.3 Å². The second-order valence-electron chi connectivity index (χ2n) is 5.85. The van der Waals surface area contributed by atoms with Crippen LogP contribution in [0.2, 0.25) is 0 Å². The van der Waals surface area contributed by atoms with E-state index in [9.17, 15) is 4.79 Å². The molecule has 2 rings (SSSR count). The average Bonchev–Trinajstić information content (AvgIpc) is 2.52. The summed E-state index contributed by atoms with van der Waals surface area (Å²) in [6.45, 7) is 5.65. The van der Waals surface area contributed by atoms with E-state index < -0.39 is 0 Å². The molecule has 19 heavy (non-hydrogen) atoms. The summed E-state index contributed by atoms with van der Waals surface area (Å²) in [6.07, 6.45) is 4.13. The third-order valence-corrected chi connectivity index (χ3v) is 3.79. The third kappa shape index (κ3) is 3.31. The molecule has 1 aromatic rings. The van der Waals surface area contributed by atoms with Gasteiger partial charge in [-0.15, -0.1) is 0 Å². The molecule has 0 bridgehead atoms. The third-order valence-electron chi connectivity index (χ3n) is 3.79. The van der Waals surface area contributed by atoms with Gasteiger partial charge in [-0.05, 0) is 24.3 Å². The Hall–Kier alpha value is -1.89. The number of aromatic nitrogens is 1. The Labute approximate surface area is 114 Å². The molecule has 1 amide bonds. The number of hydrogen-bond acceptors (Lipinski definition) is 3. The minimum absolute atomic E-state index is 0.179. The van der Waals surface area contributed by atoms with E-state index in [1.807, 2.05) is 17.0 Å². The monoisotopic (exact) mass is 257 g/mol. The molecule has 0 aliphatic carbocycles. The van der Waals surface area contributed by atoms with Gasteiger partial charge in [0.15, 0.2) is 0 Å². The lowest BCUT2D eigenvalue weighted by atomic mass is 9.85. The van der Waals surface area contributed by atoms with Crippen molar-refractivity contribution in [3.8, 4) is 6.07 Å². The number of likely N-dealkylation sites (tertiary alicyclic amines) is 1. The molecule has 1 aliphatic rings. The van der Waals surface area contributed by atoms with E-state index in [1.54, 1.807) is 6.20 Å². The van der Waals surface area contributed by atoms with Crippen molar-refractivity contribution in [1.29, 1.82) is 5.26 Å². The summed E-state index contributed by atoms with van der Waals surface area (Å²) >= 11 is 0. The van der Waals surface area contributed by atoms with Crippen LogP contribution in [0.5, 0.6) is 0 Å². The van der Waals surface area contributed by atoms with Crippen molar-refractivity contribution in [1.82, 2.24) is 9.88 Å². The van der Waals surface area contributed by atoms with Crippen molar-refractivity contribution in [2.24, 2.45) is 5.41 Å². The number of nitriles is 1. The number of rotatable bonds is 2. The first-order chi connectivity index (χ1) is 9.02. The van der Waals surface area contributed by atoms with Crippen LogP contribution >= 0.6 is 0 Å². The maximum absolute atomic E-state index is 12.1. The lowest BCUT2D eigenvalue weighted by molar-refractivity contribution is -0.131. The van der Waals surface area contributed by atoms with Crippen LogP contribution in [0.3, 0.4) is 0 Å². The highest BCUT2D eigenvalue weighted by atomic mass is 16.2. The van der Waals surface area contributed by atoms with Crippen molar-refractivity contribution in [3.05, 3.63) is 29.6 Å². The molecule has 1 saturated heterocycles. The predicted molar refractivity (Wildman–Crippen MR) is 72.0 cm³/mol. The molecule has 0 saturated carbocycles. The molecule has 0 unspecified atom stereocenters. The van der Waals surface area contributed by atoms with Gasteiger partial charge >= 0.3 is 0 Å². The largest absolute Gasteiger partial charge is 0.338 e. The fourth-order valence-electron chi connectivity index (χ4n) is 2.33. The highest BCUT2D eigenvalue weighted by molar-refractivity contribution is 5.76. The minimum atomic E-state index is 0.179. The van der Waals surface area contributed by atoms with E-state index >= 15 is 0 Å². The molecule has 0 atom stereocenters. The molecule has 2 heterocycles. The minimum Gasteiger partial charge on any atom is -0.338 e. The molecule has 1 fully saturated rings. The Morgan fingerprint density at radius 2 is 2.26 bits per heavy atom. The molecule has 1 aromatic heterocycles. The first kappa shape index (κ1) is 13.5. The normalized spacial score (nSPS) is 18.8. The SMILES string of the molecule is CC1(C)CCC(=O)N(Cc2cccnc2C#N)CC1. The zero-order chi connectivity index (χ0) is 13.9. The predicted octanol–water partition coefficient (Wildman–Crippen LogP) is 2.49. The summed E-state index contributed by atoms with van der Waals surface area (Å²) in [5.41, 5.74) is 1.47. The van der Waals surface area contributed by atoms with Gasteiger partial charge in [-0.3, -0.25) is 4.79 Å². The topological polar surface area (TPSA) is 57.0 Å². The van der Waals surface area contributed by atoms with Crippen LogP contribution in [-0.2, 0) is 11.3 Å². The van der Waals surface area contributed by atoms with Crippen LogP contribution in [0.25, 0.3) is 0 Å². The summed E-state index contributed by atoms with van der Waals surface area (Å²) in [7, 11) is 0. The Kier molecular flexibility index (Phi) is 3.84. The molecule has 0 spiro atoms. The molecule has 0 aromatic carbocycles. The highest BCUT2D eigenvalue weighted by Gasteiger charge is 2.27. The number of nitrogens with zero attached hydrogens (tertiary/aromatic N) is 3. The van der Waals surface area contributed by atoms with Crippen LogP contribution in [0.15, 0.2) is 18.3 Å². The van der Waals surface area contributed by atoms with Crippen LogP contribution in [0.4, 0.5) is 0 Å². The fraction of sp³-hybridized carbons (Fsp3) is 0.533. The summed E-state index contributed by atoms with van der Waals surface area (Å²) in [5.74, 6) is 0.179. The Balaban J connectivity index is 2.14. The lowest BCUT2D eigenvalue weighted by Gasteiger charge is -2.23. The second kappa shape index (κ2) is 5.40. The van der Waals surface area contributed by atoms with Crippen molar-refractivity contribution in [2.45, 2.75) is 39.7 Å². The molecule has 0 radical (unpaired) electrons. The van der Waals surface area contributed by atoms with Crippen molar-refractivity contribution < 1.29 is 4.79 Å². The van der Waals surface area contributed by atoms with Crippen molar-refractivity contribution in [2.75, 3.05) is 6.54 Å². The summed E-state index contributed by atoms with van der Waals surface area (Å²) in [4.78, 5) is 18.0. The number of hydrogen-bond donors (Lipinski definition) is 0. The van der Waals surface area contributed by atoms with Gasteiger partial charge in [-0.25, -0.2) is 4.98 Å². The van der Waals surface area contributed by atoms with E-state index in [0.717, 1.165) is 24.9 Å². The van der Waals surface area contributed by atoms with Crippen LogP contribution in [0, 0.1) is 16.7 Å². The lowest BCUT2D eigenvalue weighted by Crippen LogP contribution is -2.30. The Morgan fingerprint density at radius 1 is 1.47 bits per heavy atom. The summed E-state index contributed by atoms with van der Waals surface area (Å²) in [6, 6.07) is 5.76. The second-order valence-corrected chi connectivity index (χ2v) is 5.85. The van der Waals surface area contributed by atoms with Gasteiger partial charge in [0.2, 0.25) is 5.91 Å². The van der Waals surface area contributed by atoms with E-state index in [2.05, 4.69) is 24.9 Å². The number of pyridine rings is 1. The average molecular weight is 257 g/mol. The van der Waals surface area contributed by atoms with E-state index in [-0.39, 0.29) is 11.3 Å². The molecule has 4 nitrogen and oxygen atoms in total. The van der Waals surface area contributed by atoms with Crippen LogP contribution in [-0.4, -0.2) is 22.3 Å². The number of carbonyl (C=O) groups is 1. The first-order valence-electron chi connectivity index (χ1n) is 6.64. The van der Waals surface area contributed by atoms with Gasteiger partial charge < -0.3 is 4.90 Å². The summed E-state index contributed by atoms with van der Waals surface area (Å²) in [5, 5.41) is 9.04. The Bertz CT molecular complexity index is 516. The first-order valence-corrected chi connectivity index (χ1v) is 6.64.